The molecule has 0 N–H and O–H groups in total. The van der Waals surface area contributed by atoms with E-state index in [2.05, 4.69) is 0 Å². The minimum atomic E-state index is 0.609. The summed E-state index contributed by atoms with van der Waals surface area (Å²) in [5.41, 5.74) is 0. The van der Waals surface area contributed by atoms with Gasteiger partial charge in [0.15, 0.2) is 0 Å². The van der Waals surface area contributed by atoms with Gasteiger partial charge in [0.05, 0.1) is 25.4 Å². The van der Waals surface area contributed by atoms with Crippen LogP contribution in [0.1, 0.15) is 19.3 Å². The maximum Gasteiger partial charge on any atom is 0.0611 e. The first-order chi connectivity index (χ1) is 6.43. The molecule has 0 aromatic heterocycles. The average Bonchev–Trinajstić information content (AvgIpc) is 2.76. The van der Waals surface area contributed by atoms with Gasteiger partial charge in [-0.3, -0.25) is 0 Å². The summed E-state index contributed by atoms with van der Waals surface area (Å²) in [6.07, 6.45) is 5.13. The van der Waals surface area contributed by atoms with Gasteiger partial charge in [0.25, 0.3) is 0 Å². The van der Waals surface area contributed by atoms with Crippen molar-refractivity contribution < 1.29 is 9.47 Å². The first-order valence-electron chi connectivity index (χ1n) is 5.66. The highest BCUT2D eigenvalue weighted by molar-refractivity contribution is 5.06. The minimum absolute atomic E-state index is 0.609. The van der Waals surface area contributed by atoms with E-state index in [0.29, 0.717) is 12.2 Å². The van der Waals surface area contributed by atoms with E-state index < -0.39 is 0 Å². The number of hydrogen-bond acceptors (Lipinski definition) is 2. The van der Waals surface area contributed by atoms with Crippen molar-refractivity contribution in [3.05, 3.63) is 0 Å². The monoisotopic (exact) mass is 180 g/mol. The van der Waals surface area contributed by atoms with E-state index in [9.17, 15) is 0 Å². The second kappa shape index (κ2) is 2.29. The van der Waals surface area contributed by atoms with Crippen LogP contribution in [0.2, 0.25) is 0 Å². The fourth-order valence-corrected chi connectivity index (χ4v) is 4.39. The lowest BCUT2D eigenvalue weighted by Gasteiger charge is -2.33. The first-order valence-corrected chi connectivity index (χ1v) is 5.66. The van der Waals surface area contributed by atoms with E-state index in [1.165, 1.54) is 19.3 Å². The second-order valence-electron chi connectivity index (χ2n) is 5.23. The zero-order valence-corrected chi connectivity index (χ0v) is 7.82. The average molecular weight is 180 g/mol. The van der Waals surface area contributed by atoms with Gasteiger partial charge in [0, 0.05) is 0 Å². The van der Waals surface area contributed by atoms with Crippen molar-refractivity contribution in [2.24, 2.45) is 23.7 Å². The van der Waals surface area contributed by atoms with Gasteiger partial charge in [0.2, 0.25) is 0 Å². The molecule has 2 heterocycles. The SMILES string of the molecule is C1O[C@H]2CC[C@H]3OCC4CC1C2C43. The van der Waals surface area contributed by atoms with Crippen molar-refractivity contribution >= 4 is 0 Å². The lowest BCUT2D eigenvalue weighted by molar-refractivity contribution is -0.0115. The van der Waals surface area contributed by atoms with Crippen molar-refractivity contribution in [1.82, 2.24) is 0 Å². The zero-order valence-electron chi connectivity index (χ0n) is 7.82. The van der Waals surface area contributed by atoms with E-state index in [-0.39, 0.29) is 0 Å². The van der Waals surface area contributed by atoms with E-state index in [4.69, 9.17) is 9.47 Å². The van der Waals surface area contributed by atoms with Gasteiger partial charge in [0.1, 0.15) is 0 Å². The Morgan fingerprint density at radius 2 is 1.31 bits per heavy atom. The molecule has 4 fully saturated rings. The Labute approximate surface area is 78.6 Å². The molecule has 0 radical (unpaired) electrons. The molecule has 2 nitrogen and oxygen atoms in total. The summed E-state index contributed by atoms with van der Waals surface area (Å²) < 4.78 is 11.7. The summed E-state index contributed by atoms with van der Waals surface area (Å²) in [5.74, 6) is 3.55. The van der Waals surface area contributed by atoms with Gasteiger partial charge in [-0.05, 0) is 42.9 Å². The Kier molecular flexibility index (Phi) is 1.28. The predicted octanol–water partition coefficient (Wildman–Crippen LogP) is 1.45. The molecule has 2 heteroatoms. The molecule has 2 aliphatic heterocycles. The van der Waals surface area contributed by atoms with Crippen LogP contribution in [0.5, 0.6) is 0 Å². The molecule has 0 aromatic rings. The van der Waals surface area contributed by atoms with E-state index in [1.807, 2.05) is 0 Å². The highest BCUT2D eigenvalue weighted by Crippen LogP contribution is 2.56. The predicted molar refractivity (Wildman–Crippen MR) is 47.3 cm³/mol. The molecule has 72 valence electrons. The van der Waals surface area contributed by atoms with E-state index in [1.54, 1.807) is 0 Å². The van der Waals surface area contributed by atoms with Crippen molar-refractivity contribution in [1.29, 1.82) is 0 Å². The summed E-state index contributed by atoms with van der Waals surface area (Å²) in [4.78, 5) is 0. The van der Waals surface area contributed by atoms with Crippen LogP contribution in [-0.4, -0.2) is 25.4 Å². The number of hydrogen-bond donors (Lipinski definition) is 0. The molecule has 13 heavy (non-hydrogen) atoms. The van der Waals surface area contributed by atoms with Crippen molar-refractivity contribution in [2.75, 3.05) is 13.2 Å². The zero-order chi connectivity index (χ0) is 8.41. The van der Waals surface area contributed by atoms with Gasteiger partial charge >= 0.3 is 0 Å². The van der Waals surface area contributed by atoms with Crippen LogP contribution in [0.25, 0.3) is 0 Å². The molecule has 0 spiro atoms. The van der Waals surface area contributed by atoms with Gasteiger partial charge in [-0.25, -0.2) is 0 Å². The molecule has 4 aliphatic rings. The van der Waals surface area contributed by atoms with Crippen LogP contribution in [0.15, 0.2) is 0 Å². The third-order valence-corrected chi connectivity index (χ3v) is 4.78. The topological polar surface area (TPSA) is 18.5 Å². The molecule has 4 rings (SSSR count). The molecular formula is C11H16O2. The smallest absolute Gasteiger partial charge is 0.0611 e. The third kappa shape index (κ3) is 0.774. The Morgan fingerprint density at radius 1 is 0.769 bits per heavy atom. The quantitative estimate of drug-likeness (QED) is 0.561. The standard InChI is InChI=1S/C11H16O2/c1-2-9-11-7(5-13-9)3-6-4-12-8(1)10(6)11/h6-11H,1-5H2/t6?,7?,8-,9+,10?,11?. The Hall–Kier alpha value is -0.0800. The van der Waals surface area contributed by atoms with Gasteiger partial charge in [-0.15, -0.1) is 0 Å². The summed E-state index contributed by atoms with van der Waals surface area (Å²) >= 11 is 0. The molecule has 2 saturated heterocycles. The molecule has 6 atom stereocenters. The van der Waals surface area contributed by atoms with Gasteiger partial charge < -0.3 is 9.47 Å². The summed E-state index contributed by atoms with van der Waals surface area (Å²) in [6.45, 7) is 2.10. The van der Waals surface area contributed by atoms with Crippen LogP contribution < -0.4 is 0 Å². The molecule has 2 saturated carbocycles. The highest BCUT2D eigenvalue weighted by Gasteiger charge is 2.58. The first kappa shape index (κ1) is 7.24. The molecular weight excluding hydrogens is 164 g/mol. The lowest BCUT2D eigenvalue weighted by Crippen LogP contribution is -2.36. The van der Waals surface area contributed by atoms with Crippen LogP contribution >= 0.6 is 0 Å². The maximum absolute atomic E-state index is 5.86. The van der Waals surface area contributed by atoms with E-state index >= 15 is 0 Å². The third-order valence-electron chi connectivity index (χ3n) is 4.78. The maximum atomic E-state index is 5.86. The number of ether oxygens (including phenoxy) is 2. The summed E-state index contributed by atoms with van der Waals surface area (Å²) in [7, 11) is 0. The molecule has 0 bridgehead atoms. The molecule has 4 unspecified atom stereocenters. The second-order valence-corrected chi connectivity index (χ2v) is 5.23. The van der Waals surface area contributed by atoms with Crippen LogP contribution in [-0.2, 0) is 9.47 Å². The van der Waals surface area contributed by atoms with Crippen LogP contribution in [0, 0.1) is 23.7 Å². The largest absolute Gasteiger partial charge is 0.378 e. The molecule has 0 amide bonds. The van der Waals surface area contributed by atoms with Crippen molar-refractivity contribution in [2.45, 2.75) is 31.5 Å². The van der Waals surface area contributed by atoms with Gasteiger partial charge in [-0.1, -0.05) is 0 Å². The summed E-state index contributed by atoms with van der Waals surface area (Å²) in [6, 6.07) is 0. The fraction of sp³-hybridized carbons (Fsp3) is 1.00. The normalized spacial score (nSPS) is 62.8. The van der Waals surface area contributed by atoms with Crippen molar-refractivity contribution in [3.8, 4) is 0 Å². The Bertz CT molecular complexity index is 212. The number of rotatable bonds is 0. The van der Waals surface area contributed by atoms with Gasteiger partial charge in [-0.2, -0.15) is 0 Å². The Morgan fingerprint density at radius 3 is 1.85 bits per heavy atom. The van der Waals surface area contributed by atoms with Crippen LogP contribution in [0.4, 0.5) is 0 Å². The Balaban J connectivity index is 1.76. The highest BCUT2D eigenvalue weighted by atomic mass is 16.5. The molecule has 0 aromatic carbocycles. The van der Waals surface area contributed by atoms with Crippen LogP contribution in [0.3, 0.4) is 0 Å². The van der Waals surface area contributed by atoms with E-state index in [0.717, 1.165) is 36.9 Å². The lowest BCUT2D eigenvalue weighted by atomic mass is 9.75. The fourth-order valence-electron chi connectivity index (χ4n) is 4.39. The summed E-state index contributed by atoms with van der Waals surface area (Å²) in [5, 5.41) is 0. The minimum Gasteiger partial charge on any atom is -0.378 e. The molecule has 2 aliphatic carbocycles. The van der Waals surface area contributed by atoms with Crippen molar-refractivity contribution in [3.63, 3.8) is 0 Å².